The Kier molecular flexibility index (Phi) is 16.5. The number of carboxylic acid groups (broad SMARTS) is 1. The molecule has 0 aromatic rings. The normalized spacial score (nSPS) is 13.0. The zero-order valence-corrected chi connectivity index (χ0v) is 18.0. The number of hydrogen-bond donors (Lipinski definition) is 1. The molecule has 6 heteroatoms. The standard InChI is InChI=1S/C22H40O6/c1-4-5-6-10-13-20(27-18(2)23)16-17-21(28-19(3)24)14-11-8-7-9-12-15-22(25)26/h20-21H,4-17H2,1-3H3,(H,25,26). The average molecular weight is 401 g/mol. The highest BCUT2D eigenvalue weighted by atomic mass is 16.5. The molecule has 0 aromatic heterocycles. The Labute approximate surface area is 170 Å². The molecule has 0 spiro atoms. The molecule has 2 unspecified atom stereocenters. The lowest BCUT2D eigenvalue weighted by molar-refractivity contribution is -0.151. The molecular formula is C22H40O6. The molecule has 0 fully saturated rings. The van der Waals surface area contributed by atoms with Crippen LogP contribution in [0.5, 0.6) is 0 Å². The molecule has 2 atom stereocenters. The van der Waals surface area contributed by atoms with Crippen LogP contribution in [0.2, 0.25) is 0 Å². The molecular weight excluding hydrogens is 360 g/mol. The van der Waals surface area contributed by atoms with Gasteiger partial charge in [0.25, 0.3) is 0 Å². The molecule has 164 valence electrons. The summed E-state index contributed by atoms with van der Waals surface area (Å²) in [5, 5.41) is 8.63. The Balaban J connectivity index is 4.24. The van der Waals surface area contributed by atoms with Crippen LogP contribution < -0.4 is 0 Å². The molecule has 0 saturated carbocycles. The van der Waals surface area contributed by atoms with Crippen LogP contribution in [-0.4, -0.2) is 35.2 Å². The first kappa shape index (κ1) is 26.4. The van der Waals surface area contributed by atoms with E-state index in [1.54, 1.807) is 0 Å². The summed E-state index contributed by atoms with van der Waals surface area (Å²) in [5.41, 5.74) is 0. The van der Waals surface area contributed by atoms with E-state index in [-0.39, 0.29) is 30.6 Å². The van der Waals surface area contributed by atoms with Crippen molar-refractivity contribution in [3.05, 3.63) is 0 Å². The van der Waals surface area contributed by atoms with Crippen molar-refractivity contribution in [3.63, 3.8) is 0 Å². The van der Waals surface area contributed by atoms with Gasteiger partial charge in [0.2, 0.25) is 0 Å². The first-order valence-corrected chi connectivity index (χ1v) is 10.9. The minimum atomic E-state index is -0.744. The third-order valence-corrected chi connectivity index (χ3v) is 4.77. The zero-order valence-electron chi connectivity index (χ0n) is 18.0. The van der Waals surface area contributed by atoms with Gasteiger partial charge in [0, 0.05) is 20.3 Å². The number of unbranched alkanes of at least 4 members (excludes halogenated alkanes) is 7. The second kappa shape index (κ2) is 17.5. The zero-order chi connectivity index (χ0) is 21.2. The number of carboxylic acids is 1. The van der Waals surface area contributed by atoms with E-state index < -0.39 is 5.97 Å². The molecule has 0 heterocycles. The molecule has 0 radical (unpaired) electrons. The van der Waals surface area contributed by atoms with Gasteiger partial charge in [-0.1, -0.05) is 45.4 Å². The Morgan fingerprint density at radius 3 is 1.54 bits per heavy atom. The summed E-state index contributed by atoms with van der Waals surface area (Å²) in [6.07, 6.45) is 12.1. The lowest BCUT2D eigenvalue weighted by atomic mass is 10.00. The Morgan fingerprint density at radius 2 is 1.11 bits per heavy atom. The van der Waals surface area contributed by atoms with Gasteiger partial charge in [-0.2, -0.15) is 0 Å². The van der Waals surface area contributed by atoms with E-state index in [0.29, 0.717) is 19.3 Å². The number of hydrogen-bond acceptors (Lipinski definition) is 5. The molecule has 0 bridgehead atoms. The summed E-state index contributed by atoms with van der Waals surface area (Å²) in [6.45, 7) is 5.03. The first-order chi connectivity index (χ1) is 13.3. The van der Waals surface area contributed by atoms with E-state index >= 15 is 0 Å². The van der Waals surface area contributed by atoms with Crippen molar-refractivity contribution in [1.82, 2.24) is 0 Å². The van der Waals surface area contributed by atoms with Crippen molar-refractivity contribution in [2.75, 3.05) is 0 Å². The predicted octanol–water partition coefficient (Wildman–Crippen LogP) is 5.42. The lowest BCUT2D eigenvalue weighted by Crippen LogP contribution is -2.22. The Hall–Kier alpha value is -1.59. The van der Waals surface area contributed by atoms with E-state index in [4.69, 9.17) is 14.6 Å². The van der Waals surface area contributed by atoms with Crippen LogP contribution in [0.25, 0.3) is 0 Å². The van der Waals surface area contributed by atoms with Gasteiger partial charge in [0.1, 0.15) is 12.2 Å². The van der Waals surface area contributed by atoms with E-state index in [9.17, 15) is 14.4 Å². The SMILES string of the molecule is CCCCCCC(CCC(CCCCCCCC(=O)O)OC(C)=O)OC(C)=O. The van der Waals surface area contributed by atoms with Crippen LogP contribution in [0, 0.1) is 0 Å². The molecule has 0 aliphatic rings. The van der Waals surface area contributed by atoms with Crippen LogP contribution in [0.1, 0.15) is 111 Å². The highest BCUT2D eigenvalue weighted by Gasteiger charge is 2.18. The van der Waals surface area contributed by atoms with Gasteiger partial charge < -0.3 is 14.6 Å². The van der Waals surface area contributed by atoms with Crippen molar-refractivity contribution in [2.45, 2.75) is 123 Å². The second-order valence-electron chi connectivity index (χ2n) is 7.59. The summed E-state index contributed by atoms with van der Waals surface area (Å²) >= 11 is 0. The molecule has 0 saturated heterocycles. The highest BCUT2D eigenvalue weighted by Crippen LogP contribution is 2.19. The average Bonchev–Trinajstić information content (AvgIpc) is 2.60. The van der Waals surface area contributed by atoms with Gasteiger partial charge in [-0.25, -0.2) is 0 Å². The summed E-state index contributed by atoms with van der Waals surface area (Å²) in [5.74, 6) is -1.28. The number of carbonyl (C=O) groups is 3. The number of esters is 2. The summed E-state index contributed by atoms with van der Waals surface area (Å²) < 4.78 is 10.9. The number of ether oxygens (including phenoxy) is 2. The Morgan fingerprint density at radius 1 is 0.679 bits per heavy atom. The summed E-state index contributed by atoms with van der Waals surface area (Å²) in [6, 6.07) is 0. The third kappa shape index (κ3) is 17.8. The van der Waals surface area contributed by atoms with Crippen molar-refractivity contribution >= 4 is 17.9 Å². The van der Waals surface area contributed by atoms with Crippen LogP contribution in [0.3, 0.4) is 0 Å². The van der Waals surface area contributed by atoms with Crippen molar-refractivity contribution in [1.29, 1.82) is 0 Å². The van der Waals surface area contributed by atoms with Crippen LogP contribution in [0.4, 0.5) is 0 Å². The van der Waals surface area contributed by atoms with Gasteiger partial charge in [0.15, 0.2) is 0 Å². The molecule has 0 aliphatic carbocycles. The number of aliphatic carboxylic acids is 1. The van der Waals surface area contributed by atoms with Crippen molar-refractivity contribution in [3.8, 4) is 0 Å². The van der Waals surface area contributed by atoms with Crippen molar-refractivity contribution < 1.29 is 29.0 Å². The van der Waals surface area contributed by atoms with E-state index in [1.807, 2.05) is 0 Å². The minimum absolute atomic E-state index is 0.108. The summed E-state index contributed by atoms with van der Waals surface area (Å²) in [7, 11) is 0. The third-order valence-electron chi connectivity index (χ3n) is 4.77. The number of carbonyl (C=O) groups excluding carboxylic acids is 2. The van der Waals surface area contributed by atoms with Crippen LogP contribution in [-0.2, 0) is 23.9 Å². The minimum Gasteiger partial charge on any atom is -0.481 e. The fourth-order valence-electron chi connectivity index (χ4n) is 3.34. The van der Waals surface area contributed by atoms with Crippen LogP contribution in [0.15, 0.2) is 0 Å². The van der Waals surface area contributed by atoms with Crippen molar-refractivity contribution in [2.24, 2.45) is 0 Å². The maximum absolute atomic E-state index is 11.4. The lowest BCUT2D eigenvalue weighted by Gasteiger charge is -2.21. The van der Waals surface area contributed by atoms with E-state index in [1.165, 1.54) is 26.7 Å². The van der Waals surface area contributed by atoms with Gasteiger partial charge >= 0.3 is 17.9 Å². The number of rotatable bonds is 18. The fourth-order valence-corrected chi connectivity index (χ4v) is 3.34. The van der Waals surface area contributed by atoms with Gasteiger partial charge in [-0.15, -0.1) is 0 Å². The molecule has 0 aromatic carbocycles. The molecule has 6 nitrogen and oxygen atoms in total. The second-order valence-corrected chi connectivity index (χ2v) is 7.59. The molecule has 0 rings (SSSR count). The van der Waals surface area contributed by atoms with Gasteiger partial charge in [-0.3, -0.25) is 14.4 Å². The van der Waals surface area contributed by atoms with Crippen LogP contribution >= 0.6 is 0 Å². The topological polar surface area (TPSA) is 89.9 Å². The quantitative estimate of drug-likeness (QED) is 0.244. The largest absolute Gasteiger partial charge is 0.481 e. The smallest absolute Gasteiger partial charge is 0.303 e. The van der Waals surface area contributed by atoms with Gasteiger partial charge in [0.05, 0.1) is 0 Å². The maximum Gasteiger partial charge on any atom is 0.303 e. The predicted molar refractivity (Wildman–Crippen MR) is 109 cm³/mol. The molecule has 0 amide bonds. The maximum atomic E-state index is 11.4. The monoisotopic (exact) mass is 400 g/mol. The van der Waals surface area contributed by atoms with E-state index in [0.717, 1.165) is 51.4 Å². The molecule has 1 N–H and O–H groups in total. The van der Waals surface area contributed by atoms with E-state index in [2.05, 4.69) is 6.92 Å². The molecule has 0 aliphatic heterocycles. The highest BCUT2D eigenvalue weighted by molar-refractivity contribution is 5.66. The first-order valence-electron chi connectivity index (χ1n) is 10.9. The fraction of sp³-hybridized carbons (Fsp3) is 0.864. The molecule has 28 heavy (non-hydrogen) atoms. The summed E-state index contributed by atoms with van der Waals surface area (Å²) in [4.78, 5) is 33.2. The van der Waals surface area contributed by atoms with Gasteiger partial charge in [-0.05, 0) is 44.9 Å². The Bertz CT molecular complexity index is 435.